The van der Waals surface area contributed by atoms with Crippen molar-refractivity contribution in [3.05, 3.63) is 58.0 Å². The van der Waals surface area contributed by atoms with Crippen LogP contribution in [0.2, 0.25) is 0 Å². The summed E-state index contributed by atoms with van der Waals surface area (Å²) in [5.41, 5.74) is 8.13. The van der Waals surface area contributed by atoms with Gasteiger partial charge in [0.15, 0.2) is 5.65 Å². The monoisotopic (exact) mass is 364 g/mol. The van der Waals surface area contributed by atoms with Crippen LogP contribution in [0, 0.1) is 27.7 Å². The van der Waals surface area contributed by atoms with E-state index in [0.717, 1.165) is 39.5 Å². The van der Waals surface area contributed by atoms with Crippen molar-refractivity contribution in [3.8, 4) is 0 Å². The van der Waals surface area contributed by atoms with Crippen molar-refractivity contribution in [1.29, 1.82) is 0 Å². The highest BCUT2D eigenvalue weighted by Crippen LogP contribution is 2.27. The second-order valence-corrected chi connectivity index (χ2v) is 7.56. The lowest BCUT2D eigenvalue weighted by molar-refractivity contribution is -0.116. The maximum Gasteiger partial charge on any atom is 0.224 e. The van der Waals surface area contributed by atoms with Crippen LogP contribution in [-0.2, 0) is 11.2 Å². The molecule has 0 unspecified atom stereocenters. The number of carbonyl (C=O) groups is 1. The third kappa shape index (κ3) is 3.87. The van der Waals surface area contributed by atoms with Gasteiger partial charge in [-0.25, -0.2) is 9.50 Å². The Balaban J connectivity index is 1.78. The van der Waals surface area contributed by atoms with E-state index in [1.165, 1.54) is 5.56 Å². The number of para-hydroxylation sites is 1. The van der Waals surface area contributed by atoms with Gasteiger partial charge in [0.05, 0.1) is 5.69 Å². The standard InChI is InChI=1S/C22H28N4O/c1-13(2)18-9-7-8-14(3)22(18)24-21(27)11-10-19-16(5)23-20-12-15(4)25-26(20)17(19)6/h7-9,12-13H,10-11H2,1-6H3,(H,24,27). The number of nitrogens with zero attached hydrogens (tertiary/aromatic N) is 3. The van der Waals surface area contributed by atoms with Gasteiger partial charge in [-0.3, -0.25) is 4.79 Å². The van der Waals surface area contributed by atoms with E-state index in [-0.39, 0.29) is 5.91 Å². The van der Waals surface area contributed by atoms with E-state index in [4.69, 9.17) is 0 Å². The molecular formula is C22H28N4O. The van der Waals surface area contributed by atoms with Gasteiger partial charge in [-0.2, -0.15) is 5.10 Å². The highest BCUT2D eigenvalue weighted by Gasteiger charge is 2.15. The summed E-state index contributed by atoms with van der Waals surface area (Å²) < 4.78 is 1.87. The first-order valence-electron chi connectivity index (χ1n) is 9.49. The molecule has 0 radical (unpaired) electrons. The lowest BCUT2D eigenvalue weighted by atomic mass is 9.98. The van der Waals surface area contributed by atoms with Crippen molar-refractivity contribution in [2.75, 3.05) is 5.32 Å². The number of hydrogen-bond donors (Lipinski definition) is 1. The number of amides is 1. The van der Waals surface area contributed by atoms with E-state index in [9.17, 15) is 4.79 Å². The zero-order valence-electron chi connectivity index (χ0n) is 17.1. The first-order chi connectivity index (χ1) is 12.8. The number of carbonyl (C=O) groups excluding carboxylic acids is 1. The number of anilines is 1. The van der Waals surface area contributed by atoms with Gasteiger partial charge in [-0.15, -0.1) is 0 Å². The maximum atomic E-state index is 12.6. The Morgan fingerprint density at radius 3 is 2.63 bits per heavy atom. The largest absolute Gasteiger partial charge is 0.326 e. The Bertz CT molecular complexity index is 1000. The second kappa shape index (κ2) is 7.51. The molecule has 5 nitrogen and oxygen atoms in total. The molecule has 5 heteroatoms. The molecule has 0 fully saturated rings. The molecule has 3 aromatic rings. The lowest BCUT2D eigenvalue weighted by Crippen LogP contribution is -2.16. The molecule has 27 heavy (non-hydrogen) atoms. The molecule has 0 saturated carbocycles. The highest BCUT2D eigenvalue weighted by atomic mass is 16.1. The van der Waals surface area contributed by atoms with E-state index in [0.29, 0.717) is 18.8 Å². The number of nitrogens with one attached hydrogen (secondary N) is 1. The number of benzene rings is 1. The first-order valence-corrected chi connectivity index (χ1v) is 9.49. The van der Waals surface area contributed by atoms with Crippen LogP contribution in [0.5, 0.6) is 0 Å². The molecule has 0 saturated heterocycles. The predicted molar refractivity (Wildman–Crippen MR) is 109 cm³/mol. The fraction of sp³-hybridized carbons (Fsp3) is 0.409. The van der Waals surface area contributed by atoms with Crippen LogP contribution in [0.15, 0.2) is 24.3 Å². The fourth-order valence-electron chi connectivity index (χ4n) is 3.59. The van der Waals surface area contributed by atoms with E-state index in [1.807, 2.05) is 50.4 Å². The van der Waals surface area contributed by atoms with Gasteiger partial charge >= 0.3 is 0 Å². The molecule has 1 aromatic carbocycles. The van der Waals surface area contributed by atoms with Crippen LogP contribution in [0.25, 0.3) is 5.65 Å². The van der Waals surface area contributed by atoms with Crippen molar-refractivity contribution in [2.24, 2.45) is 0 Å². The Hall–Kier alpha value is -2.69. The third-order valence-electron chi connectivity index (χ3n) is 5.08. The minimum atomic E-state index is 0.0294. The van der Waals surface area contributed by atoms with Gasteiger partial charge in [0.25, 0.3) is 0 Å². The summed E-state index contributed by atoms with van der Waals surface area (Å²) in [6, 6.07) is 8.13. The first kappa shape index (κ1) is 19.1. The Labute approximate surface area is 160 Å². The summed E-state index contributed by atoms with van der Waals surface area (Å²) in [6.45, 7) is 12.3. The van der Waals surface area contributed by atoms with E-state index in [1.54, 1.807) is 0 Å². The topological polar surface area (TPSA) is 59.3 Å². The normalized spacial score (nSPS) is 11.4. The van der Waals surface area contributed by atoms with Crippen LogP contribution in [0.1, 0.15) is 60.0 Å². The minimum absolute atomic E-state index is 0.0294. The molecule has 3 rings (SSSR count). The van der Waals surface area contributed by atoms with Crippen molar-refractivity contribution in [3.63, 3.8) is 0 Å². The number of fused-ring (bicyclic) bond motifs is 1. The molecule has 2 heterocycles. The van der Waals surface area contributed by atoms with Crippen molar-refractivity contribution in [2.45, 2.75) is 60.3 Å². The van der Waals surface area contributed by atoms with Gasteiger partial charge in [0.1, 0.15) is 0 Å². The molecule has 2 aromatic heterocycles. The molecule has 0 aliphatic rings. The van der Waals surface area contributed by atoms with Crippen LogP contribution in [0.3, 0.4) is 0 Å². The summed E-state index contributed by atoms with van der Waals surface area (Å²) in [6.07, 6.45) is 1.06. The van der Waals surface area contributed by atoms with Gasteiger partial charge in [0.2, 0.25) is 5.91 Å². The van der Waals surface area contributed by atoms with E-state index < -0.39 is 0 Å². The van der Waals surface area contributed by atoms with E-state index >= 15 is 0 Å². The van der Waals surface area contributed by atoms with Crippen molar-refractivity contribution >= 4 is 17.2 Å². The average molecular weight is 364 g/mol. The SMILES string of the molecule is Cc1cc2nc(C)c(CCC(=O)Nc3c(C)cccc3C(C)C)c(C)n2n1. The van der Waals surface area contributed by atoms with Gasteiger partial charge in [0, 0.05) is 29.6 Å². The number of aryl methyl sites for hydroxylation is 4. The molecule has 0 aliphatic carbocycles. The molecule has 0 spiro atoms. The zero-order chi connectivity index (χ0) is 19.7. The number of rotatable bonds is 5. The van der Waals surface area contributed by atoms with Crippen LogP contribution in [-0.4, -0.2) is 20.5 Å². The summed E-state index contributed by atoms with van der Waals surface area (Å²) >= 11 is 0. The number of hydrogen-bond acceptors (Lipinski definition) is 3. The van der Waals surface area contributed by atoms with Gasteiger partial charge < -0.3 is 5.32 Å². The third-order valence-corrected chi connectivity index (χ3v) is 5.08. The summed E-state index contributed by atoms with van der Waals surface area (Å²) in [5.74, 6) is 0.390. The Kier molecular flexibility index (Phi) is 5.31. The molecule has 1 amide bonds. The summed E-state index contributed by atoms with van der Waals surface area (Å²) in [4.78, 5) is 17.3. The molecule has 0 bridgehead atoms. The summed E-state index contributed by atoms with van der Waals surface area (Å²) in [7, 11) is 0. The maximum absolute atomic E-state index is 12.6. The molecule has 1 N–H and O–H groups in total. The van der Waals surface area contributed by atoms with E-state index in [2.05, 4.69) is 35.3 Å². The van der Waals surface area contributed by atoms with Gasteiger partial charge in [-0.05, 0) is 56.7 Å². The predicted octanol–water partition coefficient (Wildman–Crippen LogP) is 4.66. The molecule has 0 aliphatic heterocycles. The lowest BCUT2D eigenvalue weighted by Gasteiger charge is -2.17. The smallest absolute Gasteiger partial charge is 0.224 e. The average Bonchev–Trinajstić information content (AvgIpc) is 2.96. The van der Waals surface area contributed by atoms with Crippen molar-refractivity contribution in [1.82, 2.24) is 14.6 Å². The van der Waals surface area contributed by atoms with Crippen LogP contribution < -0.4 is 5.32 Å². The molecule has 142 valence electrons. The Morgan fingerprint density at radius 1 is 1.19 bits per heavy atom. The highest BCUT2D eigenvalue weighted by molar-refractivity contribution is 5.92. The minimum Gasteiger partial charge on any atom is -0.326 e. The zero-order valence-corrected chi connectivity index (χ0v) is 17.1. The van der Waals surface area contributed by atoms with Crippen LogP contribution in [0.4, 0.5) is 5.69 Å². The molecular weight excluding hydrogens is 336 g/mol. The van der Waals surface area contributed by atoms with Gasteiger partial charge in [-0.1, -0.05) is 32.0 Å². The molecule has 0 atom stereocenters. The second-order valence-electron chi connectivity index (χ2n) is 7.56. The fourth-order valence-corrected chi connectivity index (χ4v) is 3.59. The van der Waals surface area contributed by atoms with Crippen molar-refractivity contribution < 1.29 is 4.79 Å². The number of aromatic nitrogens is 3. The van der Waals surface area contributed by atoms with Crippen LogP contribution >= 0.6 is 0 Å². The quantitative estimate of drug-likeness (QED) is 0.716. The Morgan fingerprint density at radius 2 is 1.93 bits per heavy atom. The summed E-state index contributed by atoms with van der Waals surface area (Å²) in [5, 5.41) is 7.63.